The van der Waals surface area contributed by atoms with Gasteiger partial charge in [0.15, 0.2) is 0 Å². The van der Waals surface area contributed by atoms with Crippen LogP contribution in [0.5, 0.6) is 11.5 Å². The first-order chi connectivity index (χ1) is 17.3. The van der Waals surface area contributed by atoms with Crippen molar-refractivity contribution in [3.05, 3.63) is 47.5 Å². The topological polar surface area (TPSA) is 59.1 Å². The summed E-state index contributed by atoms with van der Waals surface area (Å²) in [6.45, 7) is 8.83. The molecule has 2 amide bonds. The molecule has 1 saturated carbocycles. The summed E-state index contributed by atoms with van der Waals surface area (Å²) >= 11 is 0. The van der Waals surface area contributed by atoms with Crippen molar-refractivity contribution in [2.45, 2.75) is 64.2 Å². The van der Waals surface area contributed by atoms with Crippen molar-refractivity contribution >= 4 is 23.2 Å². The van der Waals surface area contributed by atoms with Gasteiger partial charge in [0, 0.05) is 25.5 Å². The molecule has 2 aliphatic heterocycles. The third-order valence-corrected chi connectivity index (χ3v) is 9.51. The number of methoxy groups -OCH3 is 2. The third-order valence-electron chi connectivity index (χ3n) is 9.51. The lowest BCUT2D eigenvalue weighted by Crippen LogP contribution is -2.40. The fraction of sp³-hybridized carbons (Fsp3) is 0.548. The van der Waals surface area contributed by atoms with Gasteiger partial charge in [0.1, 0.15) is 11.5 Å². The van der Waals surface area contributed by atoms with Crippen LogP contribution in [0.25, 0.3) is 0 Å². The summed E-state index contributed by atoms with van der Waals surface area (Å²) < 4.78 is 11.0. The van der Waals surface area contributed by atoms with E-state index in [0.717, 1.165) is 59.7 Å². The van der Waals surface area contributed by atoms with Crippen LogP contribution >= 0.6 is 0 Å². The van der Waals surface area contributed by atoms with Crippen LogP contribution in [-0.2, 0) is 20.4 Å². The summed E-state index contributed by atoms with van der Waals surface area (Å²) in [5.74, 6) is 2.45. The van der Waals surface area contributed by atoms with Gasteiger partial charge in [-0.1, -0.05) is 13.8 Å². The fourth-order valence-corrected chi connectivity index (χ4v) is 7.70. The molecule has 37 heavy (non-hydrogen) atoms. The van der Waals surface area contributed by atoms with Gasteiger partial charge in [-0.3, -0.25) is 9.59 Å². The number of nitrogens with zero attached hydrogens (tertiary/aromatic N) is 2. The van der Waals surface area contributed by atoms with Gasteiger partial charge in [0.2, 0.25) is 11.8 Å². The lowest BCUT2D eigenvalue weighted by Gasteiger charge is -2.33. The number of ether oxygens (including phenoxy) is 2. The quantitative estimate of drug-likeness (QED) is 0.506. The smallest absolute Gasteiger partial charge is 0.237 e. The van der Waals surface area contributed by atoms with E-state index in [2.05, 4.69) is 27.7 Å². The van der Waals surface area contributed by atoms with E-state index in [4.69, 9.17) is 9.47 Å². The van der Waals surface area contributed by atoms with E-state index in [0.29, 0.717) is 11.8 Å². The van der Waals surface area contributed by atoms with Crippen LogP contribution in [0.4, 0.5) is 11.4 Å². The predicted molar refractivity (Wildman–Crippen MR) is 147 cm³/mol. The van der Waals surface area contributed by atoms with Gasteiger partial charge < -0.3 is 19.3 Å². The van der Waals surface area contributed by atoms with E-state index in [1.54, 1.807) is 24.0 Å². The minimum Gasteiger partial charge on any atom is -0.497 e. The molecule has 2 heterocycles. The number of anilines is 2. The van der Waals surface area contributed by atoms with Gasteiger partial charge in [0.05, 0.1) is 25.0 Å². The molecule has 0 spiro atoms. The SMILES string of the molecule is COc1ccc2c(c1)[C@@](C)(C[C@@H]1CC(C)(C)C[C@H]1C[C@@]1(C)C(=O)N(C)c3ccc(OC)cc31)C(=O)N2C. The summed E-state index contributed by atoms with van der Waals surface area (Å²) in [6, 6.07) is 11.9. The molecule has 0 radical (unpaired) electrons. The summed E-state index contributed by atoms with van der Waals surface area (Å²) in [5, 5.41) is 0. The highest BCUT2D eigenvalue weighted by Gasteiger charge is 2.54. The lowest BCUT2D eigenvalue weighted by atomic mass is 9.69. The van der Waals surface area contributed by atoms with E-state index < -0.39 is 10.8 Å². The molecule has 2 aromatic carbocycles. The summed E-state index contributed by atoms with van der Waals surface area (Å²) in [7, 11) is 7.07. The molecule has 2 aromatic rings. The van der Waals surface area contributed by atoms with Gasteiger partial charge in [-0.05, 0) is 104 Å². The monoisotopic (exact) mass is 504 g/mol. The molecule has 1 fully saturated rings. The molecule has 5 rings (SSSR count). The predicted octanol–water partition coefficient (Wildman–Crippen LogP) is 5.70. The Kier molecular flexibility index (Phi) is 5.89. The van der Waals surface area contributed by atoms with E-state index in [1.807, 2.05) is 50.5 Å². The standard InChI is InChI=1S/C31H40N2O4/c1-29(2)15-19(17-30(3)23-13-21(36-7)9-11-25(23)32(5)27(30)34)20(16-29)18-31(4)24-14-22(37-8)10-12-26(24)33(6)28(31)35/h9-14,19-20H,15-18H2,1-8H3/t19-,20-,30+,31+/m0/s1. The van der Waals surface area contributed by atoms with Crippen LogP contribution in [0.3, 0.4) is 0 Å². The van der Waals surface area contributed by atoms with Crippen LogP contribution in [-0.4, -0.2) is 40.1 Å². The zero-order valence-electron chi connectivity index (χ0n) is 23.5. The molecule has 0 N–H and O–H groups in total. The van der Waals surface area contributed by atoms with Crippen LogP contribution in [0, 0.1) is 17.3 Å². The maximum atomic E-state index is 13.7. The Morgan fingerprint density at radius 3 is 1.46 bits per heavy atom. The minimum atomic E-state index is -0.625. The van der Waals surface area contributed by atoms with Crippen LogP contribution < -0.4 is 19.3 Å². The molecule has 4 atom stereocenters. The molecule has 0 aromatic heterocycles. The molecular formula is C31H40N2O4. The van der Waals surface area contributed by atoms with Gasteiger partial charge in [-0.15, -0.1) is 0 Å². The van der Waals surface area contributed by atoms with Crippen molar-refractivity contribution in [3.8, 4) is 11.5 Å². The Bertz CT molecular complexity index is 1170. The molecule has 198 valence electrons. The van der Waals surface area contributed by atoms with Crippen LogP contribution in [0.2, 0.25) is 0 Å². The second-order valence-electron chi connectivity index (χ2n) is 12.7. The molecule has 0 unspecified atom stereocenters. The molecule has 6 nitrogen and oxygen atoms in total. The van der Waals surface area contributed by atoms with Crippen molar-refractivity contribution in [2.24, 2.45) is 17.3 Å². The lowest BCUT2D eigenvalue weighted by molar-refractivity contribution is -0.124. The number of benzene rings is 2. The number of amides is 2. The first-order valence-electron chi connectivity index (χ1n) is 13.3. The highest BCUT2D eigenvalue weighted by molar-refractivity contribution is 6.08. The van der Waals surface area contributed by atoms with Gasteiger partial charge in [0.25, 0.3) is 0 Å². The number of carbonyl (C=O) groups excluding carboxylic acids is 2. The zero-order valence-corrected chi connectivity index (χ0v) is 23.5. The van der Waals surface area contributed by atoms with Gasteiger partial charge in [-0.25, -0.2) is 0 Å². The van der Waals surface area contributed by atoms with Gasteiger partial charge in [-0.2, -0.15) is 0 Å². The Morgan fingerprint density at radius 2 is 1.11 bits per heavy atom. The summed E-state index contributed by atoms with van der Waals surface area (Å²) in [6.07, 6.45) is 3.59. The largest absolute Gasteiger partial charge is 0.497 e. The summed E-state index contributed by atoms with van der Waals surface area (Å²) in [5.41, 5.74) is 2.91. The van der Waals surface area contributed by atoms with Crippen LogP contribution in [0.1, 0.15) is 64.5 Å². The number of hydrogen-bond acceptors (Lipinski definition) is 4. The average Bonchev–Trinajstić information content (AvgIpc) is 3.33. The Hall–Kier alpha value is -3.02. The number of hydrogen-bond donors (Lipinski definition) is 0. The normalized spacial score (nSPS) is 30.1. The van der Waals surface area contributed by atoms with Crippen molar-refractivity contribution in [2.75, 3.05) is 38.1 Å². The molecule has 3 aliphatic rings. The van der Waals surface area contributed by atoms with Crippen molar-refractivity contribution < 1.29 is 19.1 Å². The Morgan fingerprint density at radius 1 is 0.730 bits per heavy atom. The van der Waals surface area contributed by atoms with E-state index in [9.17, 15) is 9.59 Å². The first kappa shape index (κ1) is 25.6. The highest BCUT2D eigenvalue weighted by Crippen LogP contribution is 2.57. The van der Waals surface area contributed by atoms with Gasteiger partial charge >= 0.3 is 0 Å². The molecule has 6 heteroatoms. The second kappa shape index (κ2) is 8.50. The Labute approximate surface area is 220 Å². The molecular weight excluding hydrogens is 464 g/mol. The number of likely N-dealkylation sites (N-methyl/N-ethyl adjacent to an activating group) is 2. The molecule has 1 aliphatic carbocycles. The molecule has 0 saturated heterocycles. The minimum absolute atomic E-state index is 0.136. The van der Waals surface area contributed by atoms with E-state index >= 15 is 0 Å². The maximum Gasteiger partial charge on any atom is 0.237 e. The molecule has 0 bridgehead atoms. The summed E-state index contributed by atoms with van der Waals surface area (Å²) in [4.78, 5) is 31.0. The van der Waals surface area contributed by atoms with Crippen LogP contribution in [0.15, 0.2) is 36.4 Å². The number of rotatable bonds is 6. The Balaban J connectivity index is 1.50. The fourth-order valence-electron chi connectivity index (χ4n) is 7.70. The zero-order chi connectivity index (χ0) is 26.9. The van der Waals surface area contributed by atoms with Crippen molar-refractivity contribution in [3.63, 3.8) is 0 Å². The average molecular weight is 505 g/mol. The maximum absolute atomic E-state index is 13.7. The second-order valence-corrected chi connectivity index (χ2v) is 12.7. The third kappa shape index (κ3) is 3.82. The first-order valence-corrected chi connectivity index (χ1v) is 13.3. The van der Waals surface area contributed by atoms with E-state index in [-0.39, 0.29) is 17.2 Å². The number of carbonyl (C=O) groups is 2. The van der Waals surface area contributed by atoms with E-state index in [1.165, 1.54) is 0 Å². The highest BCUT2D eigenvalue weighted by atomic mass is 16.5. The van der Waals surface area contributed by atoms with Crippen molar-refractivity contribution in [1.29, 1.82) is 0 Å². The number of fused-ring (bicyclic) bond motifs is 2. The van der Waals surface area contributed by atoms with Crippen molar-refractivity contribution in [1.82, 2.24) is 0 Å².